The topological polar surface area (TPSA) is 83.9 Å². The van der Waals surface area contributed by atoms with Crippen molar-refractivity contribution in [3.8, 4) is 0 Å². The minimum absolute atomic E-state index is 0.403. The van der Waals surface area contributed by atoms with Crippen LogP contribution in [-0.4, -0.2) is 42.0 Å². The Balaban J connectivity index is 2.25. The van der Waals surface area contributed by atoms with Crippen LogP contribution in [0.2, 0.25) is 0 Å². The van der Waals surface area contributed by atoms with Crippen LogP contribution in [-0.2, 0) is 27.7 Å². The molecule has 0 saturated carbocycles. The van der Waals surface area contributed by atoms with Gasteiger partial charge in [-0.05, 0) is 44.7 Å². The van der Waals surface area contributed by atoms with Crippen LogP contribution >= 0.6 is 0 Å². The van der Waals surface area contributed by atoms with Crippen LogP contribution in [0.4, 0.5) is 4.79 Å². The second-order valence-electron chi connectivity index (χ2n) is 6.93. The monoisotopic (exact) mass is 341 g/mol. The summed E-state index contributed by atoms with van der Waals surface area (Å²) in [6.07, 6.45) is 0.220. The Hall–Kier alpha value is -1.60. The average molecular weight is 341 g/mol. The molecule has 1 aliphatic rings. The highest BCUT2D eigenvalue weighted by molar-refractivity contribution is 7.86. The number of carbonyl (C=O) groups is 1. The molecule has 1 aromatic carbocycles. The van der Waals surface area contributed by atoms with Gasteiger partial charge in [0.25, 0.3) is 10.1 Å². The predicted molar refractivity (Wildman–Crippen MR) is 86.7 cm³/mol. The van der Waals surface area contributed by atoms with Crippen LogP contribution in [0, 0.1) is 5.92 Å². The van der Waals surface area contributed by atoms with Gasteiger partial charge in [0.15, 0.2) is 5.37 Å². The summed E-state index contributed by atoms with van der Waals surface area (Å²) in [4.78, 5) is 13.2. The zero-order valence-electron chi connectivity index (χ0n) is 13.8. The van der Waals surface area contributed by atoms with E-state index in [4.69, 9.17) is 4.74 Å². The lowest BCUT2D eigenvalue weighted by molar-refractivity contribution is 0.0233. The van der Waals surface area contributed by atoms with Crippen molar-refractivity contribution in [1.82, 2.24) is 4.90 Å². The summed E-state index contributed by atoms with van der Waals surface area (Å²) in [6.45, 7) is 5.10. The highest BCUT2D eigenvalue weighted by atomic mass is 32.2. The zero-order valence-corrected chi connectivity index (χ0v) is 14.6. The van der Waals surface area contributed by atoms with E-state index >= 15 is 0 Å². The molecule has 1 N–H and O–H groups in total. The van der Waals surface area contributed by atoms with Crippen LogP contribution in [0.1, 0.15) is 31.9 Å². The molecule has 0 bridgehead atoms. The van der Waals surface area contributed by atoms with Gasteiger partial charge in [-0.2, -0.15) is 8.42 Å². The van der Waals surface area contributed by atoms with Crippen LogP contribution in [0.3, 0.4) is 0 Å². The third kappa shape index (κ3) is 4.23. The maximum Gasteiger partial charge on any atom is 0.411 e. The third-order valence-corrected chi connectivity index (χ3v) is 5.17. The van der Waals surface area contributed by atoms with Gasteiger partial charge in [0.1, 0.15) is 5.60 Å². The second kappa shape index (κ2) is 6.13. The van der Waals surface area contributed by atoms with Crippen molar-refractivity contribution in [3.05, 3.63) is 35.4 Å². The number of hydrogen-bond acceptors (Lipinski definition) is 4. The highest BCUT2D eigenvalue weighted by Crippen LogP contribution is 2.32. The van der Waals surface area contributed by atoms with E-state index in [0.29, 0.717) is 12.8 Å². The number of benzene rings is 1. The molecule has 1 amide bonds. The van der Waals surface area contributed by atoms with Gasteiger partial charge in [-0.3, -0.25) is 9.45 Å². The van der Waals surface area contributed by atoms with Crippen molar-refractivity contribution < 1.29 is 22.5 Å². The molecular formula is C16H23NO5S. The van der Waals surface area contributed by atoms with Gasteiger partial charge in [-0.1, -0.05) is 24.3 Å². The lowest BCUT2D eigenvalue weighted by atomic mass is 10.1. The highest BCUT2D eigenvalue weighted by Gasteiger charge is 2.42. The molecule has 23 heavy (non-hydrogen) atoms. The summed E-state index contributed by atoms with van der Waals surface area (Å²) in [5, 5.41) is -1.33. The minimum atomic E-state index is -4.44. The van der Waals surface area contributed by atoms with Crippen LogP contribution in [0.5, 0.6) is 0 Å². The molecule has 0 heterocycles. The summed E-state index contributed by atoms with van der Waals surface area (Å²) < 4.78 is 38.7. The first-order valence-corrected chi connectivity index (χ1v) is 8.98. The Labute approximate surface area is 137 Å². The number of nitrogens with zero attached hydrogens (tertiary/aromatic N) is 1. The Morgan fingerprint density at radius 3 is 2.13 bits per heavy atom. The second-order valence-corrected chi connectivity index (χ2v) is 8.45. The van der Waals surface area contributed by atoms with Crippen molar-refractivity contribution in [2.75, 3.05) is 7.05 Å². The summed E-state index contributed by atoms with van der Waals surface area (Å²) in [6, 6.07) is 7.65. The SMILES string of the molecule is CN(C(=O)OC(C)(C)C)[C@@H](C1Cc2ccccc2C1)S(=O)(=O)O. The number of rotatable bonds is 3. The van der Waals surface area contributed by atoms with E-state index in [1.54, 1.807) is 20.8 Å². The van der Waals surface area contributed by atoms with Gasteiger partial charge >= 0.3 is 6.09 Å². The summed E-state index contributed by atoms with van der Waals surface area (Å²) in [5.74, 6) is -0.403. The van der Waals surface area contributed by atoms with E-state index in [1.807, 2.05) is 24.3 Å². The standard InChI is InChI=1S/C16H23NO5S/c1-16(2,3)22-15(18)17(4)14(23(19,20)21)13-9-11-7-5-6-8-12(11)10-13/h5-8,13-14H,9-10H2,1-4H3,(H,19,20,21)/t14-/m1/s1. The van der Waals surface area contributed by atoms with Crippen molar-refractivity contribution in [1.29, 1.82) is 0 Å². The molecule has 0 saturated heterocycles. The summed E-state index contributed by atoms with van der Waals surface area (Å²) in [7, 11) is -3.10. The van der Waals surface area contributed by atoms with Crippen LogP contribution in [0.25, 0.3) is 0 Å². The number of ether oxygens (including phenoxy) is 1. The lowest BCUT2D eigenvalue weighted by Crippen LogP contribution is -2.48. The van der Waals surface area contributed by atoms with Gasteiger partial charge in [-0.25, -0.2) is 4.79 Å². The number of carbonyl (C=O) groups excluding carboxylic acids is 1. The van der Waals surface area contributed by atoms with Crippen molar-refractivity contribution in [2.24, 2.45) is 5.92 Å². The van der Waals surface area contributed by atoms with Crippen molar-refractivity contribution in [3.63, 3.8) is 0 Å². The Morgan fingerprint density at radius 1 is 1.26 bits per heavy atom. The van der Waals surface area contributed by atoms with E-state index in [2.05, 4.69) is 0 Å². The van der Waals surface area contributed by atoms with Crippen molar-refractivity contribution >= 4 is 16.2 Å². The van der Waals surface area contributed by atoms with Gasteiger partial charge in [0.05, 0.1) is 0 Å². The fourth-order valence-corrected chi connectivity index (χ4v) is 4.16. The van der Waals surface area contributed by atoms with Crippen molar-refractivity contribution in [2.45, 2.75) is 44.6 Å². The molecule has 0 aromatic heterocycles. The van der Waals surface area contributed by atoms with E-state index in [-0.39, 0.29) is 0 Å². The van der Waals surface area contributed by atoms with E-state index in [0.717, 1.165) is 16.0 Å². The molecule has 0 fully saturated rings. The first kappa shape index (κ1) is 17.7. The third-order valence-electron chi connectivity index (χ3n) is 3.85. The molecule has 0 radical (unpaired) electrons. The number of fused-ring (bicyclic) bond motifs is 1. The van der Waals surface area contributed by atoms with Gasteiger partial charge < -0.3 is 4.74 Å². The molecule has 0 aliphatic heterocycles. The molecule has 7 heteroatoms. The fourth-order valence-electron chi connectivity index (χ4n) is 2.99. The average Bonchev–Trinajstić information content (AvgIpc) is 2.77. The number of hydrogen-bond donors (Lipinski definition) is 1. The maximum absolute atomic E-state index is 12.2. The molecule has 6 nitrogen and oxygen atoms in total. The Kier molecular flexibility index (Phi) is 4.73. The molecule has 128 valence electrons. The Morgan fingerprint density at radius 2 is 1.74 bits per heavy atom. The van der Waals surface area contributed by atoms with Crippen LogP contribution in [0.15, 0.2) is 24.3 Å². The first-order chi connectivity index (χ1) is 10.5. The first-order valence-electron chi connectivity index (χ1n) is 7.48. The van der Waals surface area contributed by atoms with Gasteiger partial charge in [0, 0.05) is 13.0 Å². The molecule has 1 aromatic rings. The maximum atomic E-state index is 12.2. The van der Waals surface area contributed by atoms with E-state index in [9.17, 15) is 17.8 Å². The quantitative estimate of drug-likeness (QED) is 0.854. The Bertz CT molecular complexity index is 668. The molecule has 1 atom stereocenters. The zero-order chi connectivity index (χ0) is 17.4. The van der Waals surface area contributed by atoms with E-state index in [1.165, 1.54) is 7.05 Å². The van der Waals surface area contributed by atoms with E-state index < -0.39 is 33.1 Å². The summed E-state index contributed by atoms with van der Waals surface area (Å²) >= 11 is 0. The molecular weight excluding hydrogens is 318 g/mol. The smallest absolute Gasteiger partial charge is 0.411 e. The normalized spacial score (nSPS) is 16.7. The molecule has 1 aliphatic carbocycles. The molecule has 2 rings (SSSR count). The largest absolute Gasteiger partial charge is 0.444 e. The minimum Gasteiger partial charge on any atom is -0.444 e. The molecule has 0 spiro atoms. The van der Waals surface area contributed by atoms with Gasteiger partial charge in [-0.15, -0.1) is 0 Å². The van der Waals surface area contributed by atoms with Gasteiger partial charge in [0.2, 0.25) is 0 Å². The van der Waals surface area contributed by atoms with Crippen LogP contribution < -0.4 is 0 Å². The number of amides is 1. The fraction of sp³-hybridized carbons (Fsp3) is 0.562. The predicted octanol–water partition coefficient (Wildman–Crippen LogP) is 2.48. The summed E-state index contributed by atoms with van der Waals surface area (Å²) in [5.41, 5.74) is 1.35. The lowest BCUT2D eigenvalue weighted by Gasteiger charge is -2.32. The molecule has 0 unspecified atom stereocenters.